The maximum Gasteiger partial charge on any atom is 0.122 e. The number of azo groups is 1. The van der Waals surface area contributed by atoms with Gasteiger partial charge in [-0.1, -0.05) is 26.2 Å². The summed E-state index contributed by atoms with van der Waals surface area (Å²) in [5, 5.41) is 8.19. The number of nitrogens with zero attached hydrogens (tertiary/aromatic N) is 4. The molecule has 0 N–H and O–H groups in total. The molecule has 0 aliphatic carbocycles. The maximum absolute atomic E-state index is 5.68. The highest BCUT2D eigenvalue weighted by molar-refractivity contribution is 5.41. The average Bonchev–Trinajstić information content (AvgIpc) is 2.55. The summed E-state index contributed by atoms with van der Waals surface area (Å²) in [5.74, 6) is 0.869. The third-order valence-electron chi connectivity index (χ3n) is 2.93. The van der Waals surface area contributed by atoms with Gasteiger partial charge in [-0.25, -0.2) is 9.97 Å². The molecule has 1 heterocycles. The maximum atomic E-state index is 5.68. The first-order valence-corrected chi connectivity index (χ1v) is 7.28. The second kappa shape index (κ2) is 8.79. The van der Waals surface area contributed by atoms with Crippen molar-refractivity contribution >= 4 is 11.4 Å². The van der Waals surface area contributed by atoms with Crippen LogP contribution in [0.25, 0.3) is 0 Å². The molecule has 2 aromatic rings. The van der Waals surface area contributed by atoms with Gasteiger partial charge in [0.05, 0.1) is 24.7 Å². The minimum atomic E-state index is 0.633. The van der Waals surface area contributed by atoms with Crippen molar-refractivity contribution in [1.29, 1.82) is 0 Å². The van der Waals surface area contributed by atoms with Gasteiger partial charge in [0.1, 0.15) is 17.8 Å². The van der Waals surface area contributed by atoms with Crippen LogP contribution in [0.3, 0.4) is 0 Å². The number of benzene rings is 1. The van der Waals surface area contributed by atoms with E-state index in [1.165, 1.54) is 25.6 Å². The van der Waals surface area contributed by atoms with E-state index in [-0.39, 0.29) is 0 Å². The van der Waals surface area contributed by atoms with Crippen molar-refractivity contribution in [2.75, 3.05) is 6.61 Å². The molecule has 1 aromatic carbocycles. The van der Waals surface area contributed by atoms with E-state index < -0.39 is 0 Å². The Morgan fingerprint density at radius 3 is 2.33 bits per heavy atom. The van der Waals surface area contributed by atoms with E-state index in [0.29, 0.717) is 5.69 Å². The van der Waals surface area contributed by atoms with E-state index in [1.54, 1.807) is 12.4 Å². The lowest BCUT2D eigenvalue weighted by molar-refractivity contribution is 0.305. The Balaban J connectivity index is 1.80. The van der Waals surface area contributed by atoms with E-state index in [4.69, 9.17) is 4.74 Å². The molecule has 110 valence electrons. The van der Waals surface area contributed by atoms with Gasteiger partial charge in [-0.05, 0) is 30.7 Å². The molecular weight excluding hydrogens is 264 g/mol. The van der Waals surface area contributed by atoms with Crippen LogP contribution >= 0.6 is 0 Å². The van der Waals surface area contributed by atoms with Crippen LogP contribution in [-0.2, 0) is 0 Å². The summed E-state index contributed by atoms with van der Waals surface area (Å²) in [6.07, 6.45) is 9.53. The Hall–Kier alpha value is -2.30. The second-order valence-corrected chi connectivity index (χ2v) is 4.70. The van der Waals surface area contributed by atoms with Crippen LogP contribution < -0.4 is 4.74 Å². The summed E-state index contributed by atoms with van der Waals surface area (Å²) in [7, 11) is 0. The Kier molecular flexibility index (Phi) is 6.32. The fourth-order valence-corrected chi connectivity index (χ4v) is 1.79. The molecule has 0 aliphatic rings. The van der Waals surface area contributed by atoms with E-state index in [1.807, 2.05) is 24.3 Å². The highest BCUT2D eigenvalue weighted by Crippen LogP contribution is 2.20. The van der Waals surface area contributed by atoms with Crippen LogP contribution in [0.2, 0.25) is 0 Å². The average molecular weight is 284 g/mol. The number of rotatable bonds is 8. The minimum Gasteiger partial charge on any atom is -0.494 e. The molecule has 5 nitrogen and oxygen atoms in total. The topological polar surface area (TPSA) is 59.7 Å². The monoisotopic (exact) mass is 284 g/mol. The zero-order chi connectivity index (χ0) is 14.8. The minimum absolute atomic E-state index is 0.633. The molecule has 1 aromatic heterocycles. The summed E-state index contributed by atoms with van der Waals surface area (Å²) in [4.78, 5) is 7.76. The predicted octanol–water partition coefficient (Wildman–Crippen LogP) is 4.85. The molecule has 0 spiro atoms. The normalized spacial score (nSPS) is 10.9. The summed E-state index contributed by atoms with van der Waals surface area (Å²) >= 11 is 0. The van der Waals surface area contributed by atoms with E-state index in [9.17, 15) is 0 Å². The van der Waals surface area contributed by atoms with Crippen molar-refractivity contribution in [3.63, 3.8) is 0 Å². The van der Waals surface area contributed by atoms with Crippen LogP contribution in [0.1, 0.15) is 32.6 Å². The molecule has 0 unspecified atom stereocenters. The Bertz CT molecular complexity index is 540. The molecular formula is C16H20N4O. The number of unbranched alkanes of at least 4 members (excludes halogenated alkanes) is 3. The van der Waals surface area contributed by atoms with Gasteiger partial charge >= 0.3 is 0 Å². The molecule has 0 bridgehead atoms. The van der Waals surface area contributed by atoms with Gasteiger partial charge in [-0.15, -0.1) is 5.11 Å². The summed E-state index contributed by atoms with van der Waals surface area (Å²) < 4.78 is 5.68. The van der Waals surface area contributed by atoms with E-state index >= 15 is 0 Å². The molecule has 0 aliphatic heterocycles. The third-order valence-corrected chi connectivity index (χ3v) is 2.93. The van der Waals surface area contributed by atoms with Gasteiger partial charge in [0.15, 0.2) is 0 Å². The van der Waals surface area contributed by atoms with Crippen LogP contribution in [0.4, 0.5) is 11.4 Å². The van der Waals surface area contributed by atoms with Crippen molar-refractivity contribution in [3.05, 3.63) is 43.0 Å². The molecule has 0 saturated carbocycles. The van der Waals surface area contributed by atoms with Crippen LogP contribution in [0.5, 0.6) is 5.75 Å². The lowest BCUT2D eigenvalue weighted by Crippen LogP contribution is -1.96. The molecule has 21 heavy (non-hydrogen) atoms. The second-order valence-electron chi connectivity index (χ2n) is 4.70. The standard InChI is InChI=1S/C16H20N4O/c1-2-3-4-5-10-21-16-8-6-14(7-9-16)19-20-15-11-17-13-18-12-15/h6-9,11-13H,2-5,10H2,1H3. The molecule has 0 atom stereocenters. The summed E-state index contributed by atoms with van der Waals surface area (Å²) in [6, 6.07) is 7.59. The van der Waals surface area contributed by atoms with Crippen LogP contribution in [0, 0.1) is 0 Å². The molecule has 0 saturated heterocycles. The molecule has 5 heteroatoms. The number of aromatic nitrogens is 2. The Labute approximate surface area is 125 Å². The zero-order valence-electron chi connectivity index (χ0n) is 12.3. The van der Waals surface area contributed by atoms with E-state index in [2.05, 4.69) is 27.1 Å². The number of hydrogen-bond acceptors (Lipinski definition) is 5. The van der Waals surface area contributed by atoms with Gasteiger partial charge < -0.3 is 4.74 Å². The predicted molar refractivity (Wildman–Crippen MR) is 82.3 cm³/mol. The van der Waals surface area contributed by atoms with Crippen molar-refractivity contribution in [2.24, 2.45) is 10.2 Å². The molecule has 2 rings (SSSR count). The lowest BCUT2D eigenvalue weighted by Gasteiger charge is -2.05. The molecule has 0 amide bonds. The first-order valence-electron chi connectivity index (χ1n) is 7.28. The molecule has 0 radical (unpaired) electrons. The summed E-state index contributed by atoms with van der Waals surface area (Å²) in [6.45, 7) is 2.97. The Morgan fingerprint density at radius 2 is 1.62 bits per heavy atom. The van der Waals surface area contributed by atoms with Gasteiger partial charge in [-0.3, -0.25) is 0 Å². The van der Waals surface area contributed by atoms with Crippen LogP contribution in [0.15, 0.2) is 53.2 Å². The van der Waals surface area contributed by atoms with Gasteiger partial charge in [-0.2, -0.15) is 5.11 Å². The van der Waals surface area contributed by atoms with Gasteiger partial charge in [0.2, 0.25) is 0 Å². The highest BCUT2D eigenvalue weighted by Gasteiger charge is 1.95. The number of ether oxygens (including phenoxy) is 1. The quantitative estimate of drug-likeness (QED) is 0.514. The fourth-order valence-electron chi connectivity index (χ4n) is 1.79. The smallest absolute Gasteiger partial charge is 0.122 e. The van der Waals surface area contributed by atoms with Gasteiger partial charge in [0.25, 0.3) is 0 Å². The Morgan fingerprint density at radius 1 is 0.905 bits per heavy atom. The zero-order valence-corrected chi connectivity index (χ0v) is 12.3. The van der Waals surface area contributed by atoms with Crippen LogP contribution in [-0.4, -0.2) is 16.6 Å². The van der Waals surface area contributed by atoms with Crippen molar-refractivity contribution in [1.82, 2.24) is 9.97 Å². The summed E-state index contributed by atoms with van der Waals surface area (Å²) in [5.41, 5.74) is 1.41. The van der Waals surface area contributed by atoms with E-state index in [0.717, 1.165) is 24.5 Å². The first-order chi connectivity index (χ1) is 10.4. The highest BCUT2D eigenvalue weighted by atomic mass is 16.5. The van der Waals surface area contributed by atoms with Crippen molar-refractivity contribution in [2.45, 2.75) is 32.6 Å². The lowest BCUT2D eigenvalue weighted by atomic mass is 10.2. The largest absolute Gasteiger partial charge is 0.494 e. The fraction of sp³-hybridized carbons (Fsp3) is 0.375. The van der Waals surface area contributed by atoms with Crippen molar-refractivity contribution in [3.8, 4) is 5.75 Å². The van der Waals surface area contributed by atoms with Gasteiger partial charge in [0, 0.05) is 0 Å². The third kappa shape index (κ3) is 5.69. The molecule has 0 fully saturated rings. The number of hydrogen-bond donors (Lipinski definition) is 0. The van der Waals surface area contributed by atoms with Crippen molar-refractivity contribution < 1.29 is 4.74 Å². The SMILES string of the molecule is CCCCCCOc1ccc(N=Nc2cncnc2)cc1. The first kappa shape index (κ1) is 15.1.